The predicted molar refractivity (Wildman–Crippen MR) is 55.3 cm³/mol. The molecule has 0 aromatic carbocycles. The molecule has 1 heterocycles. The quantitative estimate of drug-likeness (QED) is 0.392. The van der Waals surface area contributed by atoms with Gasteiger partial charge in [0.15, 0.2) is 0 Å². The number of hydrogen-bond donors (Lipinski definition) is 5. The van der Waals surface area contributed by atoms with Gasteiger partial charge in [0.25, 0.3) is 0 Å². The predicted octanol–water partition coefficient (Wildman–Crippen LogP) is -1.41. The van der Waals surface area contributed by atoms with Crippen LogP contribution in [-0.4, -0.2) is 57.4 Å². The molecule has 5 heteroatoms. The summed E-state index contributed by atoms with van der Waals surface area (Å²) in [5.74, 6) is 0. The van der Waals surface area contributed by atoms with E-state index in [-0.39, 0.29) is 6.61 Å². The number of aliphatic hydroxyl groups is 4. The van der Waals surface area contributed by atoms with Crippen molar-refractivity contribution in [1.82, 2.24) is 5.32 Å². The molecular formula is C10H21NO4. The largest absolute Gasteiger partial charge is 0.395 e. The van der Waals surface area contributed by atoms with Crippen LogP contribution in [0.2, 0.25) is 0 Å². The zero-order valence-corrected chi connectivity index (χ0v) is 9.00. The molecule has 0 aliphatic carbocycles. The van der Waals surface area contributed by atoms with Gasteiger partial charge in [-0.3, -0.25) is 0 Å². The van der Waals surface area contributed by atoms with Gasteiger partial charge in [-0.25, -0.2) is 0 Å². The van der Waals surface area contributed by atoms with Crippen LogP contribution in [0.25, 0.3) is 0 Å². The lowest BCUT2D eigenvalue weighted by Crippen LogP contribution is -2.44. The molecule has 0 aromatic rings. The molecule has 5 nitrogen and oxygen atoms in total. The van der Waals surface area contributed by atoms with Gasteiger partial charge in [-0.15, -0.1) is 0 Å². The SMILES string of the molecule is CCCC[C@@H](O)[C@@H]1N[C@@H](CO)[C@H](O)[C@H]1O. The molecule has 0 amide bonds. The number of aliphatic hydroxyl groups excluding tert-OH is 4. The van der Waals surface area contributed by atoms with E-state index >= 15 is 0 Å². The van der Waals surface area contributed by atoms with Crippen molar-refractivity contribution in [3.8, 4) is 0 Å². The van der Waals surface area contributed by atoms with Crippen LogP contribution in [0.15, 0.2) is 0 Å². The molecule has 5 N–H and O–H groups in total. The first-order chi connectivity index (χ1) is 7.11. The monoisotopic (exact) mass is 219 g/mol. The van der Waals surface area contributed by atoms with Crippen LogP contribution in [0, 0.1) is 0 Å². The van der Waals surface area contributed by atoms with Crippen molar-refractivity contribution in [1.29, 1.82) is 0 Å². The van der Waals surface area contributed by atoms with E-state index in [9.17, 15) is 15.3 Å². The Balaban J connectivity index is 2.48. The van der Waals surface area contributed by atoms with Crippen molar-refractivity contribution < 1.29 is 20.4 Å². The van der Waals surface area contributed by atoms with Crippen LogP contribution in [0.4, 0.5) is 0 Å². The van der Waals surface area contributed by atoms with Crippen LogP contribution in [0.5, 0.6) is 0 Å². The molecule has 0 bridgehead atoms. The van der Waals surface area contributed by atoms with Crippen molar-refractivity contribution >= 4 is 0 Å². The summed E-state index contributed by atoms with van der Waals surface area (Å²) in [4.78, 5) is 0. The minimum Gasteiger partial charge on any atom is -0.395 e. The van der Waals surface area contributed by atoms with E-state index in [1.165, 1.54) is 0 Å². The van der Waals surface area contributed by atoms with E-state index in [4.69, 9.17) is 5.11 Å². The Kier molecular flexibility index (Phi) is 4.95. The number of hydrogen-bond acceptors (Lipinski definition) is 5. The van der Waals surface area contributed by atoms with E-state index in [1.54, 1.807) is 0 Å². The second kappa shape index (κ2) is 5.77. The molecule has 1 aliphatic rings. The lowest BCUT2D eigenvalue weighted by Gasteiger charge is -2.21. The van der Waals surface area contributed by atoms with Crippen LogP contribution < -0.4 is 5.32 Å². The third-order valence-electron chi connectivity index (χ3n) is 3.00. The van der Waals surface area contributed by atoms with Gasteiger partial charge in [0, 0.05) is 0 Å². The smallest absolute Gasteiger partial charge is 0.0993 e. The zero-order valence-electron chi connectivity index (χ0n) is 9.00. The molecule has 90 valence electrons. The van der Waals surface area contributed by atoms with Gasteiger partial charge in [-0.1, -0.05) is 19.8 Å². The molecule has 1 saturated heterocycles. The molecule has 0 aromatic heterocycles. The molecule has 0 radical (unpaired) electrons. The fourth-order valence-corrected chi connectivity index (χ4v) is 1.99. The number of rotatable bonds is 5. The van der Waals surface area contributed by atoms with E-state index in [0.717, 1.165) is 12.8 Å². The highest BCUT2D eigenvalue weighted by atomic mass is 16.3. The van der Waals surface area contributed by atoms with E-state index in [2.05, 4.69) is 5.32 Å². The van der Waals surface area contributed by atoms with Gasteiger partial charge >= 0.3 is 0 Å². The van der Waals surface area contributed by atoms with Crippen molar-refractivity contribution in [2.24, 2.45) is 0 Å². The van der Waals surface area contributed by atoms with Gasteiger partial charge in [-0.05, 0) is 6.42 Å². The number of nitrogens with one attached hydrogen (secondary N) is 1. The first-order valence-electron chi connectivity index (χ1n) is 5.53. The van der Waals surface area contributed by atoms with Gasteiger partial charge in [0.1, 0.15) is 0 Å². The minimum atomic E-state index is -1.01. The molecule has 15 heavy (non-hydrogen) atoms. The summed E-state index contributed by atoms with van der Waals surface area (Å²) >= 11 is 0. The highest BCUT2D eigenvalue weighted by Crippen LogP contribution is 2.19. The Hall–Kier alpha value is -0.200. The summed E-state index contributed by atoms with van der Waals surface area (Å²) < 4.78 is 0. The first kappa shape index (κ1) is 12.9. The van der Waals surface area contributed by atoms with Crippen LogP contribution in [-0.2, 0) is 0 Å². The molecule has 5 atom stereocenters. The average Bonchev–Trinajstić information content (AvgIpc) is 2.52. The summed E-state index contributed by atoms with van der Waals surface area (Å²) in [7, 11) is 0. The highest BCUT2D eigenvalue weighted by molar-refractivity contribution is 5.00. The normalized spacial score (nSPS) is 38.2. The third kappa shape index (κ3) is 2.89. The van der Waals surface area contributed by atoms with Crippen LogP contribution >= 0.6 is 0 Å². The maximum atomic E-state index is 9.77. The van der Waals surface area contributed by atoms with Crippen molar-refractivity contribution in [2.45, 2.75) is 56.6 Å². The lowest BCUT2D eigenvalue weighted by atomic mass is 10.00. The summed E-state index contributed by atoms with van der Waals surface area (Å²) in [5, 5.41) is 40.7. The first-order valence-corrected chi connectivity index (χ1v) is 5.53. The summed E-state index contributed by atoms with van der Waals surface area (Å²) in [5.41, 5.74) is 0. The van der Waals surface area contributed by atoms with Crippen LogP contribution in [0.3, 0.4) is 0 Å². The second-order valence-electron chi connectivity index (χ2n) is 4.17. The molecule has 0 saturated carbocycles. The van der Waals surface area contributed by atoms with Crippen molar-refractivity contribution in [2.75, 3.05) is 6.61 Å². The van der Waals surface area contributed by atoms with Gasteiger partial charge in [0.2, 0.25) is 0 Å². The fourth-order valence-electron chi connectivity index (χ4n) is 1.99. The molecule has 1 fully saturated rings. The third-order valence-corrected chi connectivity index (χ3v) is 3.00. The Bertz CT molecular complexity index is 190. The highest BCUT2D eigenvalue weighted by Gasteiger charge is 2.43. The topological polar surface area (TPSA) is 93.0 Å². The lowest BCUT2D eigenvalue weighted by molar-refractivity contribution is -0.00435. The Labute approximate surface area is 89.7 Å². The second-order valence-corrected chi connectivity index (χ2v) is 4.17. The maximum absolute atomic E-state index is 9.77. The van der Waals surface area contributed by atoms with Gasteiger partial charge in [-0.2, -0.15) is 0 Å². The van der Waals surface area contributed by atoms with E-state index < -0.39 is 30.4 Å². The van der Waals surface area contributed by atoms with Crippen LogP contribution in [0.1, 0.15) is 26.2 Å². The van der Waals surface area contributed by atoms with E-state index in [0.29, 0.717) is 6.42 Å². The molecule has 0 spiro atoms. The van der Waals surface area contributed by atoms with Crippen molar-refractivity contribution in [3.05, 3.63) is 0 Å². The van der Waals surface area contributed by atoms with E-state index in [1.807, 2.05) is 6.92 Å². The zero-order chi connectivity index (χ0) is 11.4. The molecule has 0 unspecified atom stereocenters. The Morgan fingerprint density at radius 2 is 1.93 bits per heavy atom. The Morgan fingerprint density at radius 1 is 1.27 bits per heavy atom. The maximum Gasteiger partial charge on any atom is 0.0993 e. The molecular weight excluding hydrogens is 198 g/mol. The van der Waals surface area contributed by atoms with Gasteiger partial charge < -0.3 is 25.7 Å². The summed E-state index contributed by atoms with van der Waals surface area (Å²) in [6.45, 7) is 1.78. The summed E-state index contributed by atoms with van der Waals surface area (Å²) in [6, 6.07) is -1.08. The summed E-state index contributed by atoms with van der Waals surface area (Å²) in [6.07, 6.45) is -0.232. The minimum absolute atomic E-state index is 0.241. The number of unbranched alkanes of at least 4 members (excludes halogenated alkanes) is 1. The Morgan fingerprint density at radius 3 is 2.40 bits per heavy atom. The molecule has 1 rings (SSSR count). The average molecular weight is 219 g/mol. The standard InChI is InChI=1S/C10H21NO4/c1-2-3-4-7(13)8-10(15)9(14)6(5-12)11-8/h6-15H,2-5H2,1H3/t6-,7+,8-,9-,10-/m0/s1. The van der Waals surface area contributed by atoms with Gasteiger partial charge in [0.05, 0.1) is 37.0 Å². The fraction of sp³-hybridized carbons (Fsp3) is 1.00. The van der Waals surface area contributed by atoms with Crippen molar-refractivity contribution in [3.63, 3.8) is 0 Å². The molecule has 1 aliphatic heterocycles.